The first-order chi connectivity index (χ1) is 8.60. The minimum absolute atomic E-state index is 0.138. The highest BCUT2D eigenvalue weighted by atomic mass is 19.2. The minimum Gasteiger partial charge on any atom is -0.438 e. The van der Waals surface area contributed by atoms with Gasteiger partial charge in [-0.25, -0.2) is 19.6 Å². The monoisotopic (exact) mass is 252 g/mol. The number of anilines is 1. The largest absolute Gasteiger partial charge is 0.438 e. The van der Waals surface area contributed by atoms with Crippen LogP contribution in [0, 0.1) is 18.6 Å². The maximum Gasteiger partial charge on any atom is 0.240 e. The SMILES string of the molecule is Cc1cnc(NN)nc1Oc1ccc(F)c(F)c1. The highest BCUT2D eigenvalue weighted by molar-refractivity contribution is 5.35. The van der Waals surface area contributed by atoms with Crippen LogP contribution >= 0.6 is 0 Å². The van der Waals surface area contributed by atoms with E-state index < -0.39 is 11.6 Å². The fraction of sp³-hybridized carbons (Fsp3) is 0.0909. The van der Waals surface area contributed by atoms with Gasteiger partial charge in [0.05, 0.1) is 0 Å². The zero-order chi connectivity index (χ0) is 13.1. The number of nitrogen functional groups attached to an aromatic ring is 1. The summed E-state index contributed by atoms with van der Waals surface area (Å²) in [5.74, 6) is 3.75. The fourth-order valence-corrected chi connectivity index (χ4v) is 1.25. The van der Waals surface area contributed by atoms with Gasteiger partial charge in [0.15, 0.2) is 11.6 Å². The average Bonchev–Trinajstić information content (AvgIpc) is 2.36. The fourth-order valence-electron chi connectivity index (χ4n) is 1.25. The van der Waals surface area contributed by atoms with Crippen molar-refractivity contribution >= 4 is 5.95 Å². The number of ether oxygens (including phenoxy) is 1. The molecule has 0 unspecified atom stereocenters. The third kappa shape index (κ3) is 2.51. The molecule has 94 valence electrons. The van der Waals surface area contributed by atoms with Gasteiger partial charge < -0.3 is 4.74 Å². The Bertz CT molecular complexity index is 577. The third-order valence-electron chi connectivity index (χ3n) is 2.16. The molecule has 0 aliphatic heterocycles. The van der Waals surface area contributed by atoms with Gasteiger partial charge in [0, 0.05) is 17.8 Å². The summed E-state index contributed by atoms with van der Waals surface area (Å²) in [4.78, 5) is 7.82. The van der Waals surface area contributed by atoms with Crippen LogP contribution in [-0.2, 0) is 0 Å². The topological polar surface area (TPSA) is 73.1 Å². The van der Waals surface area contributed by atoms with Crippen molar-refractivity contribution in [1.29, 1.82) is 0 Å². The van der Waals surface area contributed by atoms with E-state index in [9.17, 15) is 8.78 Å². The van der Waals surface area contributed by atoms with E-state index >= 15 is 0 Å². The normalized spacial score (nSPS) is 10.2. The molecular formula is C11H10F2N4O. The van der Waals surface area contributed by atoms with Gasteiger partial charge in [0.2, 0.25) is 11.8 Å². The van der Waals surface area contributed by atoms with Crippen molar-refractivity contribution in [3.8, 4) is 11.6 Å². The van der Waals surface area contributed by atoms with E-state index in [1.54, 1.807) is 6.92 Å². The molecule has 3 N–H and O–H groups in total. The molecule has 5 nitrogen and oxygen atoms in total. The van der Waals surface area contributed by atoms with Gasteiger partial charge in [-0.2, -0.15) is 4.98 Å². The molecule has 1 aromatic carbocycles. The Hall–Kier alpha value is -2.28. The molecule has 0 saturated carbocycles. The summed E-state index contributed by atoms with van der Waals surface area (Å²) >= 11 is 0. The Kier molecular flexibility index (Phi) is 3.33. The highest BCUT2D eigenvalue weighted by Crippen LogP contribution is 2.24. The second-order valence-corrected chi connectivity index (χ2v) is 3.50. The Balaban J connectivity index is 2.30. The van der Waals surface area contributed by atoms with Crippen molar-refractivity contribution in [3.05, 3.63) is 41.6 Å². The zero-order valence-corrected chi connectivity index (χ0v) is 9.45. The first-order valence-corrected chi connectivity index (χ1v) is 5.03. The number of aryl methyl sites for hydroxylation is 1. The Morgan fingerprint density at radius 2 is 2.06 bits per heavy atom. The second kappa shape index (κ2) is 4.92. The first kappa shape index (κ1) is 12.2. The van der Waals surface area contributed by atoms with Crippen LogP contribution in [0.5, 0.6) is 11.6 Å². The smallest absolute Gasteiger partial charge is 0.240 e. The molecule has 2 aromatic rings. The summed E-state index contributed by atoms with van der Waals surface area (Å²) in [6.07, 6.45) is 1.50. The van der Waals surface area contributed by atoms with E-state index in [4.69, 9.17) is 10.6 Å². The molecule has 1 heterocycles. The van der Waals surface area contributed by atoms with Crippen molar-refractivity contribution in [2.24, 2.45) is 5.84 Å². The van der Waals surface area contributed by atoms with Crippen LogP contribution in [0.4, 0.5) is 14.7 Å². The highest BCUT2D eigenvalue weighted by Gasteiger charge is 2.08. The van der Waals surface area contributed by atoms with Gasteiger partial charge in [-0.05, 0) is 19.1 Å². The molecule has 0 aliphatic rings. The molecule has 0 aliphatic carbocycles. The van der Waals surface area contributed by atoms with Crippen LogP contribution in [0.3, 0.4) is 0 Å². The number of nitrogens with zero attached hydrogens (tertiary/aromatic N) is 2. The molecule has 0 atom stereocenters. The molecule has 0 spiro atoms. The molecule has 0 fully saturated rings. The van der Waals surface area contributed by atoms with Gasteiger partial charge in [-0.15, -0.1) is 0 Å². The van der Waals surface area contributed by atoms with Crippen molar-refractivity contribution in [2.45, 2.75) is 6.92 Å². The number of aromatic nitrogens is 2. The number of rotatable bonds is 3. The standard InChI is InChI=1S/C11H10F2N4O/c1-6-5-15-11(17-14)16-10(6)18-7-2-3-8(12)9(13)4-7/h2-5H,14H2,1H3,(H,15,16,17). The van der Waals surface area contributed by atoms with Gasteiger partial charge in [-0.1, -0.05) is 0 Å². The zero-order valence-electron chi connectivity index (χ0n) is 9.45. The summed E-state index contributed by atoms with van der Waals surface area (Å²) in [6.45, 7) is 1.72. The van der Waals surface area contributed by atoms with Crippen molar-refractivity contribution in [2.75, 3.05) is 5.43 Å². The van der Waals surface area contributed by atoms with Crippen LogP contribution in [0.2, 0.25) is 0 Å². The maximum absolute atomic E-state index is 13.0. The molecule has 0 amide bonds. The lowest BCUT2D eigenvalue weighted by Gasteiger charge is -2.08. The molecule has 0 saturated heterocycles. The first-order valence-electron chi connectivity index (χ1n) is 5.03. The lowest BCUT2D eigenvalue weighted by Crippen LogP contribution is -2.11. The maximum atomic E-state index is 13.0. The Morgan fingerprint density at radius 1 is 1.28 bits per heavy atom. The lowest BCUT2D eigenvalue weighted by atomic mass is 10.3. The van der Waals surface area contributed by atoms with Crippen LogP contribution in [0.25, 0.3) is 0 Å². The van der Waals surface area contributed by atoms with E-state index in [1.165, 1.54) is 12.3 Å². The number of halogens is 2. The summed E-state index contributed by atoms with van der Waals surface area (Å²) in [6, 6.07) is 3.21. The quantitative estimate of drug-likeness (QED) is 0.646. The van der Waals surface area contributed by atoms with E-state index in [-0.39, 0.29) is 17.6 Å². The van der Waals surface area contributed by atoms with E-state index in [1.807, 2.05) is 0 Å². The summed E-state index contributed by atoms with van der Waals surface area (Å²) in [5.41, 5.74) is 2.90. The molecular weight excluding hydrogens is 242 g/mol. The van der Waals surface area contributed by atoms with E-state index in [0.29, 0.717) is 5.56 Å². The number of hydrogen-bond acceptors (Lipinski definition) is 5. The molecule has 2 rings (SSSR count). The van der Waals surface area contributed by atoms with Gasteiger partial charge in [0.1, 0.15) is 5.75 Å². The number of nitrogens with one attached hydrogen (secondary N) is 1. The van der Waals surface area contributed by atoms with Crippen LogP contribution in [0.1, 0.15) is 5.56 Å². The van der Waals surface area contributed by atoms with E-state index in [0.717, 1.165) is 12.1 Å². The van der Waals surface area contributed by atoms with Crippen molar-refractivity contribution in [3.63, 3.8) is 0 Å². The molecule has 0 radical (unpaired) electrons. The molecule has 0 bridgehead atoms. The van der Waals surface area contributed by atoms with Crippen molar-refractivity contribution in [1.82, 2.24) is 9.97 Å². The number of benzene rings is 1. The number of nitrogens with two attached hydrogens (primary N) is 1. The van der Waals surface area contributed by atoms with Gasteiger partial charge >= 0.3 is 0 Å². The third-order valence-corrected chi connectivity index (χ3v) is 2.16. The Labute approximate surface area is 102 Å². The van der Waals surface area contributed by atoms with Crippen molar-refractivity contribution < 1.29 is 13.5 Å². The summed E-state index contributed by atoms with van der Waals surface area (Å²) in [7, 11) is 0. The van der Waals surface area contributed by atoms with Crippen LogP contribution in [0.15, 0.2) is 24.4 Å². The minimum atomic E-state index is -0.989. The number of hydrogen-bond donors (Lipinski definition) is 2. The number of hydrazine groups is 1. The van der Waals surface area contributed by atoms with Gasteiger partial charge in [0.25, 0.3) is 0 Å². The average molecular weight is 252 g/mol. The molecule has 1 aromatic heterocycles. The lowest BCUT2D eigenvalue weighted by molar-refractivity contribution is 0.444. The Morgan fingerprint density at radius 3 is 2.72 bits per heavy atom. The summed E-state index contributed by atoms with van der Waals surface area (Å²) < 4.78 is 31.1. The van der Waals surface area contributed by atoms with Crippen LogP contribution < -0.4 is 16.0 Å². The predicted molar refractivity (Wildman–Crippen MR) is 61.0 cm³/mol. The van der Waals surface area contributed by atoms with Gasteiger partial charge in [-0.3, -0.25) is 5.43 Å². The molecule has 7 heteroatoms. The molecule has 18 heavy (non-hydrogen) atoms. The predicted octanol–water partition coefficient (Wildman–Crippen LogP) is 2.14. The van der Waals surface area contributed by atoms with E-state index in [2.05, 4.69) is 15.4 Å². The summed E-state index contributed by atoms with van der Waals surface area (Å²) in [5, 5.41) is 0. The second-order valence-electron chi connectivity index (χ2n) is 3.50. The van der Waals surface area contributed by atoms with Crippen LogP contribution in [-0.4, -0.2) is 9.97 Å².